The summed E-state index contributed by atoms with van der Waals surface area (Å²) in [6, 6.07) is 5.90. The molecule has 2 fully saturated rings. The molecule has 3 aromatic heterocycles. The van der Waals surface area contributed by atoms with Crippen LogP contribution in [-0.2, 0) is 6.42 Å². The van der Waals surface area contributed by atoms with Gasteiger partial charge in [0, 0.05) is 43.9 Å². The van der Waals surface area contributed by atoms with Crippen molar-refractivity contribution in [3.63, 3.8) is 0 Å². The molecule has 7 nitrogen and oxygen atoms in total. The Morgan fingerprint density at radius 2 is 1.91 bits per heavy atom. The van der Waals surface area contributed by atoms with Gasteiger partial charge in [-0.05, 0) is 75.1 Å². The lowest BCUT2D eigenvalue weighted by Gasteiger charge is -2.41. The van der Waals surface area contributed by atoms with Crippen molar-refractivity contribution < 1.29 is 8.78 Å². The Kier molecular flexibility index (Phi) is 6.14. The Hall–Kier alpha value is -2.81. The van der Waals surface area contributed by atoms with Crippen LogP contribution in [0.4, 0.5) is 8.78 Å². The van der Waals surface area contributed by atoms with Crippen molar-refractivity contribution >= 4 is 5.52 Å². The monoisotopic (exact) mass is 471 g/mol. The van der Waals surface area contributed by atoms with E-state index in [9.17, 15) is 18.4 Å². The second-order valence-corrected chi connectivity index (χ2v) is 10.1. The third-order valence-electron chi connectivity index (χ3n) is 7.63. The van der Waals surface area contributed by atoms with Crippen molar-refractivity contribution in [2.45, 2.75) is 63.8 Å². The number of H-pyrrole nitrogens is 1. The van der Waals surface area contributed by atoms with Gasteiger partial charge in [0.05, 0.1) is 17.4 Å². The summed E-state index contributed by atoms with van der Waals surface area (Å²) in [4.78, 5) is 28.4. The molecule has 1 saturated heterocycles. The molecular weight excluding hydrogens is 440 g/mol. The van der Waals surface area contributed by atoms with Gasteiger partial charge in [0.2, 0.25) is 5.92 Å². The maximum atomic E-state index is 13.5. The lowest BCUT2D eigenvalue weighted by Crippen LogP contribution is -2.44. The number of hydrogen-bond acceptors (Lipinski definition) is 4. The number of nitrogens with zero attached hydrogens (tertiary/aromatic N) is 4. The Bertz CT molecular complexity index is 1270. The van der Waals surface area contributed by atoms with Gasteiger partial charge in [-0.2, -0.15) is 5.10 Å². The molecule has 1 saturated carbocycles. The second kappa shape index (κ2) is 9.09. The summed E-state index contributed by atoms with van der Waals surface area (Å²) in [5.74, 6) is -1.53. The van der Waals surface area contributed by atoms with E-state index in [-0.39, 0.29) is 12.8 Å². The van der Waals surface area contributed by atoms with E-state index in [1.807, 2.05) is 6.20 Å². The lowest BCUT2D eigenvalue weighted by molar-refractivity contribution is -0.0512. The van der Waals surface area contributed by atoms with Crippen molar-refractivity contribution in [2.75, 3.05) is 13.1 Å². The number of piperidine rings is 1. The van der Waals surface area contributed by atoms with E-state index in [2.05, 4.69) is 34.0 Å². The summed E-state index contributed by atoms with van der Waals surface area (Å²) in [5, 5.41) is 4.34. The maximum absolute atomic E-state index is 13.5. The number of aromatic nitrogens is 4. The van der Waals surface area contributed by atoms with E-state index in [4.69, 9.17) is 0 Å². The summed E-state index contributed by atoms with van der Waals surface area (Å²) in [6.45, 7) is 4.19. The predicted octanol–water partition coefficient (Wildman–Crippen LogP) is 3.64. The van der Waals surface area contributed by atoms with Crippen LogP contribution in [0, 0.1) is 11.8 Å². The summed E-state index contributed by atoms with van der Waals surface area (Å²) in [7, 11) is 0. The molecule has 9 heteroatoms. The normalized spacial score (nSPS) is 24.0. The van der Waals surface area contributed by atoms with Gasteiger partial charge in [-0.3, -0.25) is 14.3 Å². The van der Waals surface area contributed by atoms with Crippen LogP contribution in [0.25, 0.3) is 11.2 Å². The van der Waals surface area contributed by atoms with Gasteiger partial charge < -0.3 is 4.90 Å². The minimum absolute atomic E-state index is 0.0345. The van der Waals surface area contributed by atoms with Gasteiger partial charge in [0.25, 0.3) is 5.56 Å². The Morgan fingerprint density at radius 3 is 2.65 bits per heavy atom. The summed E-state index contributed by atoms with van der Waals surface area (Å²) in [6.07, 6.45) is 9.44. The van der Waals surface area contributed by atoms with Crippen LogP contribution in [-0.4, -0.2) is 49.1 Å². The smallest absolute Gasteiger partial charge is 0.300 e. The zero-order valence-electron chi connectivity index (χ0n) is 19.4. The molecule has 5 rings (SSSR count). The van der Waals surface area contributed by atoms with Crippen molar-refractivity contribution in [1.82, 2.24) is 24.1 Å². The highest BCUT2D eigenvalue weighted by Gasteiger charge is 2.36. The highest BCUT2D eigenvalue weighted by Crippen LogP contribution is 2.37. The molecule has 0 amide bonds. The molecule has 1 aliphatic carbocycles. The van der Waals surface area contributed by atoms with E-state index in [0.29, 0.717) is 36.4 Å². The molecule has 0 bridgehead atoms. The van der Waals surface area contributed by atoms with Gasteiger partial charge >= 0.3 is 5.69 Å². The van der Waals surface area contributed by atoms with E-state index in [0.717, 1.165) is 37.9 Å². The van der Waals surface area contributed by atoms with Gasteiger partial charge in [-0.1, -0.05) is 0 Å². The van der Waals surface area contributed by atoms with Crippen LogP contribution in [0.1, 0.15) is 51.0 Å². The summed E-state index contributed by atoms with van der Waals surface area (Å²) >= 11 is 0. The lowest BCUT2D eigenvalue weighted by atomic mass is 9.83. The van der Waals surface area contributed by atoms with Gasteiger partial charge in [-0.25, -0.2) is 18.1 Å². The molecule has 4 heterocycles. The first-order valence-electron chi connectivity index (χ1n) is 12.2. The van der Waals surface area contributed by atoms with Gasteiger partial charge in [-0.15, -0.1) is 0 Å². The van der Waals surface area contributed by atoms with Crippen LogP contribution in [0.2, 0.25) is 0 Å². The average Bonchev–Trinajstić information content (AvgIpc) is 3.20. The quantitative estimate of drug-likeness (QED) is 0.617. The van der Waals surface area contributed by atoms with Crippen molar-refractivity contribution in [2.24, 2.45) is 11.8 Å². The molecule has 2 atom stereocenters. The van der Waals surface area contributed by atoms with Crippen LogP contribution in [0.15, 0.2) is 46.4 Å². The molecule has 0 spiro atoms. The van der Waals surface area contributed by atoms with Gasteiger partial charge in [0.1, 0.15) is 0 Å². The van der Waals surface area contributed by atoms with E-state index < -0.39 is 17.2 Å². The molecule has 34 heavy (non-hydrogen) atoms. The largest absolute Gasteiger partial charge is 0.333 e. The van der Waals surface area contributed by atoms with Crippen molar-refractivity contribution in [3.05, 3.63) is 63.2 Å². The first-order chi connectivity index (χ1) is 16.3. The first-order valence-corrected chi connectivity index (χ1v) is 12.2. The van der Waals surface area contributed by atoms with E-state index in [1.54, 1.807) is 10.7 Å². The fourth-order valence-corrected chi connectivity index (χ4v) is 5.65. The standard InChI is InChI=1S/C25H31F2N5O2/c1-17-12-19(4-9-30(17)16-18-2-7-25(26,27)8-3-18)13-20-5-11-32-21(14-20)22(15-28-32)31-10-6-23(33)29-24(31)34/h5-6,10-11,14-15,17-19H,2-4,7-9,12-13,16H2,1H3,(H,29,33,34)/t17-,19-/m1/s1. The second-order valence-electron chi connectivity index (χ2n) is 10.1. The Labute approximate surface area is 196 Å². The Balaban J connectivity index is 1.24. The molecule has 1 N–H and O–H groups in total. The number of pyridine rings is 1. The highest BCUT2D eigenvalue weighted by atomic mass is 19.3. The van der Waals surface area contributed by atoms with E-state index >= 15 is 0 Å². The number of rotatable bonds is 5. The molecule has 0 unspecified atom stereocenters. The highest BCUT2D eigenvalue weighted by molar-refractivity contribution is 5.64. The fraction of sp³-hybridized carbons (Fsp3) is 0.560. The Morgan fingerprint density at radius 1 is 1.12 bits per heavy atom. The van der Waals surface area contributed by atoms with Crippen LogP contribution < -0.4 is 11.2 Å². The van der Waals surface area contributed by atoms with Crippen LogP contribution >= 0.6 is 0 Å². The number of fused-ring (bicyclic) bond motifs is 1. The summed E-state index contributed by atoms with van der Waals surface area (Å²) in [5.41, 5.74) is 1.71. The zero-order valence-corrected chi connectivity index (χ0v) is 19.4. The first kappa shape index (κ1) is 23.0. The van der Waals surface area contributed by atoms with Crippen molar-refractivity contribution in [3.8, 4) is 5.69 Å². The van der Waals surface area contributed by atoms with Crippen molar-refractivity contribution in [1.29, 1.82) is 0 Å². The zero-order chi connectivity index (χ0) is 23.9. The van der Waals surface area contributed by atoms with E-state index in [1.165, 1.54) is 22.4 Å². The number of nitrogens with one attached hydrogen (secondary N) is 1. The molecule has 182 valence electrons. The molecule has 1 aliphatic heterocycles. The van der Waals surface area contributed by atoms with Gasteiger partial charge in [0.15, 0.2) is 0 Å². The predicted molar refractivity (Wildman–Crippen MR) is 126 cm³/mol. The SMILES string of the molecule is C[C@@H]1C[C@H](Cc2ccn3ncc(-n4ccc(=O)[nH]c4=O)c3c2)CCN1CC1CCC(F)(F)CC1. The number of hydrogen-bond donors (Lipinski definition) is 1. The van der Waals surface area contributed by atoms with Crippen LogP contribution in [0.5, 0.6) is 0 Å². The molecule has 3 aromatic rings. The minimum Gasteiger partial charge on any atom is -0.300 e. The molecule has 2 aliphatic rings. The third-order valence-corrected chi connectivity index (χ3v) is 7.63. The maximum Gasteiger partial charge on any atom is 0.333 e. The molecule has 0 aromatic carbocycles. The molecule has 0 radical (unpaired) electrons. The topological polar surface area (TPSA) is 75.4 Å². The fourth-order valence-electron chi connectivity index (χ4n) is 5.65. The number of aromatic amines is 1. The van der Waals surface area contributed by atoms with Crippen LogP contribution in [0.3, 0.4) is 0 Å². The number of halogens is 2. The number of likely N-dealkylation sites (tertiary alicyclic amines) is 1. The average molecular weight is 472 g/mol. The third kappa shape index (κ3) is 4.85. The minimum atomic E-state index is -2.46. The summed E-state index contributed by atoms with van der Waals surface area (Å²) < 4.78 is 30.1. The number of alkyl halides is 2. The molecular formula is C25H31F2N5O2.